The number of rotatable bonds is 3. The van der Waals surface area contributed by atoms with E-state index in [0.717, 1.165) is 6.08 Å². The Morgan fingerprint density at radius 3 is 2.21 bits per heavy atom. The Kier molecular flexibility index (Phi) is 5.21. The molecule has 1 rings (SSSR count). The average molecular weight is 274 g/mol. The summed E-state index contributed by atoms with van der Waals surface area (Å²) < 4.78 is 9.91. The Bertz CT molecular complexity index is 386. The van der Waals surface area contributed by atoms with E-state index in [4.69, 9.17) is 9.47 Å². The fraction of sp³-hybridized carbons (Fsp3) is 0.583. The van der Waals surface area contributed by atoms with Crippen molar-refractivity contribution in [3.63, 3.8) is 0 Å². The lowest BCUT2D eigenvalue weighted by molar-refractivity contribution is -0.278. The highest BCUT2D eigenvalue weighted by atomic mass is 16.7. The van der Waals surface area contributed by atoms with Gasteiger partial charge in [0.1, 0.15) is 30.2 Å². The molecule has 0 spiro atoms. The van der Waals surface area contributed by atoms with Crippen LogP contribution in [-0.2, 0) is 14.3 Å². The van der Waals surface area contributed by atoms with Crippen LogP contribution in [0, 0.1) is 0 Å². The first kappa shape index (κ1) is 15.8. The monoisotopic (exact) mass is 274 g/mol. The normalized spacial score (nSPS) is 34.5. The summed E-state index contributed by atoms with van der Waals surface area (Å²) in [6, 6.07) is 0. The summed E-state index contributed by atoms with van der Waals surface area (Å²) in [4.78, 5) is 11.2. The Morgan fingerprint density at radius 2 is 1.74 bits per heavy atom. The van der Waals surface area contributed by atoms with Crippen LogP contribution in [-0.4, -0.2) is 57.1 Å². The van der Waals surface area contributed by atoms with E-state index in [1.807, 2.05) is 0 Å². The van der Waals surface area contributed by atoms with Crippen LogP contribution in [0.3, 0.4) is 0 Å². The van der Waals surface area contributed by atoms with Gasteiger partial charge in [0.25, 0.3) is 0 Å². The first-order chi connectivity index (χ1) is 8.79. The van der Waals surface area contributed by atoms with Gasteiger partial charge in [-0.1, -0.05) is 6.58 Å². The topological polar surface area (TPSA) is 116 Å². The van der Waals surface area contributed by atoms with E-state index >= 15 is 0 Å². The lowest BCUT2D eigenvalue weighted by atomic mass is 9.96. The number of aliphatic hydroxyl groups is 4. The number of allylic oxidation sites excluding steroid dienone is 1. The van der Waals surface area contributed by atoms with Crippen molar-refractivity contribution < 1.29 is 34.7 Å². The highest BCUT2D eigenvalue weighted by molar-refractivity contribution is 5.82. The van der Waals surface area contributed by atoms with Crippen LogP contribution in [0.1, 0.15) is 13.8 Å². The Labute approximate surface area is 110 Å². The molecule has 1 heterocycles. The van der Waals surface area contributed by atoms with Gasteiger partial charge in [-0.05, 0) is 19.4 Å². The molecular weight excluding hydrogens is 256 g/mol. The molecule has 7 heteroatoms. The van der Waals surface area contributed by atoms with Crippen molar-refractivity contribution in [2.24, 2.45) is 0 Å². The molecule has 1 aliphatic rings. The number of ether oxygens (including phenoxy) is 2. The van der Waals surface area contributed by atoms with E-state index in [0.29, 0.717) is 5.57 Å². The van der Waals surface area contributed by atoms with E-state index < -0.39 is 36.7 Å². The van der Waals surface area contributed by atoms with Crippen molar-refractivity contribution in [1.29, 1.82) is 0 Å². The minimum atomic E-state index is -1.69. The molecule has 0 aliphatic carbocycles. The molecule has 5 atom stereocenters. The van der Waals surface area contributed by atoms with Gasteiger partial charge in [0.15, 0.2) is 6.29 Å². The third kappa shape index (κ3) is 3.40. The van der Waals surface area contributed by atoms with E-state index in [2.05, 4.69) is 6.58 Å². The SMILES string of the molecule is C=CC(=O)OC(=C(C)C)[C@H]1O[C@H](O)[C@H](O)[C@@H](O)[C@H]1O. The van der Waals surface area contributed by atoms with Gasteiger partial charge in [0, 0.05) is 6.08 Å². The highest BCUT2D eigenvalue weighted by Gasteiger charge is 2.45. The Hall–Kier alpha value is -1.25. The maximum Gasteiger partial charge on any atom is 0.335 e. The van der Waals surface area contributed by atoms with Crippen molar-refractivity contribution in [2.75, 3.05) is 0 Å². The summed E-state index contributed by atoms with van der Waals surface area (Å²) >= 11 is 0. The van der Waals surface area contributed by atoms with Crippen molar-refractivity contribution in [3.8, 4) is 0 Å². The largest absolute Gasteiger partial charge is 0.425 e. The number of hydrogen-bond donors (Lipinski definition) is 4. The van der Waals surface area contributed by atoms with Gasteiger partial charge in [0.2, 0.25) is 0 Å². The van der Waals surface area contributed by atoms with Gasteiger partial charge in [-0.15, -0.1) is 0 Å². The third-order valence-corrected chi connectivity index (χ3v) is 2.72. The fourth-order valence-electron chi connectivity index (χ4n) is 1.67. The lowest BCUT2D eigenvalue weighted by Gasteiger charge is -2.38. The Morgan fingerprint density at radius 1 is 1.16 bits per heavy atom. The van der Waals surface area contributed by atoms with Gasteiger partial charge in [-0.2, -0.15) is 0 Å². The number of hydrogen-bond acceptors (Lipinski definition) is 7. The molecule has 0 aromatic heterocycles. The van der Waals surface area contributed by atoms with Gasteiger partial charge >= 0.3 is 5.97 Å². The van der Waals surface area contributed by atoms with Gasteiger partial charge in [0.05, 0.1) is 0 Å². The summed E-state index contributed by atoms with van der Waals surface area (Å²) in [5.74, 6) is -0.801. The summed E-state index contributed by atoms with van der Waals surface area (Å²) in [6.45, 7) is 6.45. The first-order valence-electron chi connectivity index (χ1n) is 5.69. The zero-order chi connectivity index (χ0) is 14.7. The van der Waals surface area contributed by atoms with Crippen LogP contribution >= 0.6 is 0 Å². The molecule has 0 saturated carbocycles. The second kappa shape index (κ2) is 6.27. The lowest BCUT2D eigenvalue weighted by Crippen LogP contribution is -2.58. The third-order valence-electron chi connectivity index (χ3n) is 2.72. The molecule has 1 saturated heterocycles. The second-order valence-electron chi connectivity index (χ2n) is 4.41. The van der Waals surface area contributed by atoms with E-state index in [1.165, 1.54) is 0 Å². The van der Waals surface area contributed by atoms with Crippen LogP contribution < -0.4 is 0 Å². The van der Waals surface area contributed by atoms with Crippen LogP contribution in [0.25, 0.3) is 0 Å². The number of aliphatic hydroxyl groups excluding tert-OH is 4. The molecule has 1 aliphatic heterocycles. The average Bonchev–Trinajstić information content (AvgIpc) is 2.37. The fourth-order valence-corrected chi connectivity index (χ4v) is 1.67. The molecule has 0 aromatic rings. The van der Waals surface area contributed by atoms with Crippen LogP contribution in [0.4, 0.5) is 0 Å². The van der Waals surface area contributed by atoms with Crippen LogP contribution in [0.15, 0.2) is 24.0 Å². The molecule has 108 valence electrons. The smallest absolute Gasteiger partial charge is 0.335 e. The van der Waals surface area contributed by atoms with Gasteiger partial charge in [-0.25, -0.2) is 4.79 Å². The molecule has 7 nitrogen and oxygen atoms in total. The van der Waals surface area contributed by atoms with E-state index in [1.54, 1.807) is 13.8 Å². The minimum absolute atomic E-state index is 0.0394. The highest BCUT2D eigenvalue weighted by Crippen LogP contribution is 2.27. The van der Waals surface area contributed by atoms with Crippen molar-refractivity contribution in [1.82, 2.24) is 0 Å². The molecule has 19 heavy (non-hydrogen) atoms. The Balaban J connectivity index is 3.00. The van der Waals surface area contributed by atoms with Crippen LogP contribution in [0.2, 0.25) is 0 Å². The standard InChI is InChI=1S/C12H18O7/c1-4-6(13)18-10(5(2)3)11-8(15)7(14)9(16)12(17)19-11/h4,7-9,11-12,14-17H,1H2,2-3H3/t7-,8+,9+,11-,12-/m0/s1. The van der Waals surface area contributed by atoms with Gasteiger partial charge in [-0.3, -0.25) is 0 Å². The minimum Gasteiger partial charge on any atom is -0.425 e. The molecule has 0 amide bonds. The predicted molar refractivity (Wildman–Crippen MR) is 63.6 cm³/mol. The van der Waals surface area contributed by atoms with E-state index in [-0.39, 0.29) is 5.76 Å². The molecule has 4 N–H and O–H groups in total. The number of carbonyl (C=O) groups excluding carboxylic acids is 1. The van der Waals surface area contributed by atoms with Crippen molar-refractivity contribution in [3.05, 3.63) is 24.0 Å². The molecule has 0 bridgehead atoms. The molecule has 0 unspecified atom stereocenters. The van der Waals surface area contributed by atoms with Gasteiger partial charge < -0.3 is 29.9 Å². The summed E-state index contributed by atoms with van der Waals surface area (Å²) in [5, 5.41) is 38.2. The number of esters is 1. The molecule has 1 fully saturated rings. The molecular formula is C12H18O7. The predicted octanol–water partition coefficient (Wildman–Crippen LogP) is -1.19. The zero-order valence-corrected chi connectivity index (χ0v) is 10.7. The quantitative estimate of drug-likeness (QED) is 0.290. The summed E-state index contributed by atoms with van der Waals surface area (Å²) in [6.07, 6.45) is -6.83. The maximum absolute atomic E-state index is 11.2. The van der Waals surface area contributed by atoms with Crippen molar-refractivity contribution >= 4 is 5.97 Å². The molecule has 0 aromatic carbocycles. The zero-order valence-electron chi connectivity index (χ0n) is 10.7. The molecule has 0 radical (unpaired) electrons. The number of carbonyl (C=O) groups is 1. The van der Waals surface area contributed by atoms with Crippen molar-refractivity contribution in [2.45, 2.75) is 44.6 Å². The summed E-state index contributed by atoms with van der Waals surface area (Å²) in [7, 11) is 0. The summed E-state index contributed by atoms with van der Waals surface area (Å²) in [5.41, 5.74) is 0.509. The van der Waals surface area contributed by atoms with E-state index in [9.17, 15) is 25.2 Å². The first-order valence-corrected chi connectivity index (χ1v) is 5.69. The second-order valence-corrected chi connectivity index (χ2v) is 4.41. The van der Waals surface area contributed by atoms with Crippen LogP contribution in [0.5, 0.6) is 0 Å². The maximum atomic E-state index is 11.2.